The van der Waals surface area contributed by atoms with Crippen molar-refractivity contribution in [3.8, 4) is 0 Å². The molecule has 72 valence electrons. The molecule has 0 radical (unpaired) electrons. The molecular weight excluding hydrogens is 225 g/mol. The average Bonchev–Trinajstić information content (AvgIpc) is 2.17. The number of hydrogen-bond acceptors (Lipinski definition) is 5. The summed E-state index contributed by atoms with van der Waals surface area (Å²) in [6.45, 7) is 0. The number of benzene rings is 1. The lowest BCUT2D eigenvalue weighted by molar-refractivity contribution is 1.01. The Labute approximate surface area is 89.2 Å². The van der Waals surface area contributed by atoms with Crippen LogP contribution in [-0.4, -0.2) is 15.2 Å². The molecule has 0 unspecified atom stereocenters. The molecule has 0 aliphatic rings. The lowest BCUT2D eigenvalue weighted by Gasteiger charge is -2.01. The number of anilines is 1. The summed E-state index contributed by atoms with van der Waals surface area (Å²) in [5.74, 6) is 5.35. The number of aromatic nitrogens is 3. The van der Waals surface area contributed by atoms with Crippen molar-refractivity contribution < 1.29 is 0 Å². The number of nitrogens with one attached hydrogen (secondary N) is 1. The second-order valence-corrected chi connectivity index (χ2v) is 3.38. The lowest BCUT2D eigenvalue weighted by atomic mass is 10.3. The summed E-state index contributed by atoms with van der Waals surface area (Å²) >= 11 is 11.7. The molecule has 0 aliphatic heterocycles. The van der Waals surface area contributed by atoms with Crippen LogP contribution in [-0.2, 0) is 0 Å². The zero-order valence-electron chi connectivity index (χ0n) is 6.83. The highest BCUT2D eigenvalue weighted by Crippen LogP contribution is 2.24. The van der Waals surface area contributed by atoms with Crippen molar-refractivity contribution >= 4 is 40.2 Å². The third kappa shape index (κ3) is 1.57. The minimum Gasteiger partial charge on any atom is -0.291 e. The highest BCUT2D eigenvalue weighted by Gasteiger charge is 2.05. The fraction of sp³-hybridized carbons (Fsp3) is 0. The summed E-state index contributed by atoms with van der Waals surface area (Å²) in [7, 11) is 0. The minimum absolute atomic E-state index is 0.210. The predicted octanol–water partition coefficient (Wildman–Crippen LogP) is 1.62. The number of nitrogens with two attached hydrogens (primary N) is 1. The summed E-state index contributed by atoms with van der Waals surface area (Å²) in [4.78, 5) is 4.03. The Hall–Kier alpha value is -1.17. The first-order valence-electron chi connectivity index (χ1n) is 3.67. The molecule has 2 rings (SSSR count). The fourth-order valence-electron chi connectivity index (χ4n) is 1.03. The Morgan fingerprint density at radius 1 is 1.21 bits per heavy atom. The Kier molecular flexibility index (Phi) is 2.37. The van der Waals surface area contributed by atoms with Crippen molar-refractivity contribution in [3.63, 3.8) is 0 Å². The van der Waals surface area contributed by atoms with E-state index in [1.54, 1.807) is 12.1 Å². The quantitative estimate of drug-likeness (QED) is 0.574. The van der Waals surface area contributed by atoms with Gasteiger partial charge in [0.05, 0.1) is 5.02 Å². The van der Waals surface area contributed by atoms with Crippen molar-refractivity contribution in [3.05, 3.63) is 22.2 Å². The maximum atomic E-state index is 5.91. The first kappa shape index (κ1) is 9.39. The van der Waals surface area contributed by atoms with E-state index >= 15 is 0 Å². The average molecular weight is 230 g/mol. The van der Waals surface area contributed by atoms with Crippen LogP contribution in [0.25, 0.3) is 11.0 Å². The molecule has 0 fully saturated rings. The highest BCUT2D eigenvalue weighted by atomic mass is 35.5. The van der Waals surface area contributed by atoms with E-state index in [1.165, 1.54) is 0 Å². The van der Waals surface area contributed by atoms with Crippen LogP contribution in [0.15, 0.2) is 12.1 Å². The summed E-state index contributed by atoms with van der Waals surface area (Å²) < 4.78 is 0. The van der Waals surface area contributed by atoms with Crippen LogP contribution in [0, 0.1) is 0 Å². The Balaban J connectivity index is 2.75. The molecule has 0 saturated carbocycles. The van der Waals surface area contributed by atoms with Gasteiger partial charge in [0.15, 0.2) is 0 Å². The number of halogens is 2. The third-order valence-electron chi connectivity index (χ3n) is 1.61. The van der Waals surface area contributed by atoms with Gasteiger partial charge in [-0.3, -0.25) is 5.43 Å². The van der Waals surface area contributed by atoms with E-state index in [2.05, 4.69) is 20.6 Å². The van der Waals surface area contributed by atoms with Gasteiger partial charge in [-0.25, -0.2) is 10.8 Å². The molecule has 1 aromatic heterocycles. The molecule has 14 heavy (non-hydrogen) atoms. The summed E-state index contributed by atoms with van der Waals surface area (Å²) in [6, 6.07) is 3.21. The molecule has 1 heterocycles. The van der Waals surface area contributed by atoms with Gasteiger partial charge in [-0.2, -0.15) is 0 Å². The molecule has 0 amide bonds. The van der Waals surface area contributed by atoms with E-state index in [9.17, 15) is 0 Å². The topological polar surface area (TPSA) is 76.7 Å². The molecule has 0 saturated heterocycles. The zero-order chi connectivity index (χ0) is 10.1. The molecule has 0 atom stereocenters. The first-order valence-corrected chi connectivity index (χ1v) is 4.42. The molecular formula is C7H5Cl2N5. The Bertz CT molecular complexity index is 487. The van der Waals surface area contributed by atoms with E-state index in [4.69, 9.17) is 29.0 Å². The number of hydrazine groups is 1. The van der Waals surface area contributed by atoms with Gasteiger partial charge in [0.25, 0.3) is 5.95 Å². The van der Waals surface area contributed by atoms with Crippen molar-refractivity contribution in [1.29, 1.82) is 0 Å². The minimum atomic E-state index is 0.210. The van der Waals surface area contributed by atoms with Gasteiger partial charge in [0.1, 0.15) is 11.0 Å². The lowest BCUT2D eigenvalue weighted by Crippen LogP contribution is -2.11. The van der Waals surface area contributed by atoms with Crippen LogP contribution in [0.1, 0.15) is 0 Å². The Morgan fingerprint density at radius 3 is 2.71 bits per heavy atom. The Morgan fingerprint density at radius 2 is 2.00 bits per heavy atom. The molecule has 0 spiro atoms. The first-order chi connectivity index (χ1) is 6.70. The van der Waals surface area contributed by atoms with Crippen LogP contribution in [0.5, 0.6) is 0 Å². The number of fused-ring (bicyclic) bond motifs is 1. The number of nitrogens with zero attached hydrogens (tertiary/aromatic N) is 3. The summed E-state index contributed by atoms with van der Waals surface area (Å²) in [5.41, 5.74) is 3.33. The van der Waals surface area contributed by atoms with E-state index < -0.39 is 0 Å². The molecule has 0 bridgehead atoms. The van der Waals surface area contributed by atoms with Gasteiger partial charge >= 0.3 is 0 Å². The van der Waals surface area contributed by atoms with Crippen molar-refractivity contribution in [1.82, 2.24) is 15.2 Å². The van der Waals surface area contributed by atoms with E-state index in [-0.39, 0.29) is 5.95 Å². The second kappa shape index (κ2) is 3.53. The van der Waals surface area contributed by atoms with E-state index in [1.807, 2.05) is 0 Å². The van der Waals surface area contributed by atoms with Crippen LogP contribution in [0.2, 0.25) is 10.0 Å². The maximum Gasteiger partial charge on any atom is 0.257 e. The van der Waals surface area contributed by atoms with Crippen molar-refractivity contribution in [2.45, 2.75) is 0 Å². The summed E-state index contributed by atoms with van der Waals surface area (Å²) in [6.07, 6.45) is 0. The largest absolute Gasteiger partial charge is 0.291 e. The summed E-state index contributed by atoms with van der Waals surface area (Å²) in [5, 5.41) is 8.45. The van der Waals surface area contributed by atoms with Gasteiger partial charge in [-0.1, -0.05) is 23.2 Å². The smallest absolute Gasteiger partial charge is 0.257 e. The molecule has 3 N–H and O–H groups in total. The predicted molar refractivity (Wildman–Crippen MR) is 55.2 cm³/mol. The van der Waals surface area contributed by atoms with Gasteiger partial charge in [-0.15, -0.1) is 10.2 Å². The highest BCUT2D eigenvalue weighted by molar-refractivity contribution is 6.38. The maximum absolute atomic E-state index is 5.91. The monoisotopic (exact) mass is 229 g/mol. The molecule has 2 aromatic rings. The number of hydrogen-bond donors (Lipinski definition) is 2. The molecule has 1 aromatic carbocycles. The van der Waals surface area contributed by atoms with Crippen LogP contribution >= 0.6 is 23.2 Å². The van der Waals surface area contributed by atoms with Crippen molar-refractivity contribution in [2.24, 2.45) is 5.84 Å². The van der Waals surface area contributed by atoms with Gasteiger partial charge in [-0.05, 0) is 12.1 Å². The van der Waals surface area contributed by atoms with Crippen LogP contribution in [0.4, 0.5) is 5.95 Å². The van der Waals surface area contributed by atoms with E-state index in [0.29, 0.717) is 21.1 Å². The zero-order valence-corrected chi connectivity index (χ0v) is 8.34. The second-order valence-electron chi connectivity index (χ2n) is 2.54. The van der Waals surface area contributed by atoms with E-state index in [0.717, 1.165) is 0 Å². The third-order valence-corrected chi connectivity index (χ3v) is 2.11. The van der Waals surface area contributed by atoms with Crippen LogP contribution in [0.3, 0.4) is 0 Å². The molecule has 5 nitrogen and oxygen atoms in total. The number of rotatable bonds is 1. The van der Waals surface area contributed by atoms with Crippen molar-refractivity contribution in [2.75, 3.05) is 5.43 Å². The number of nitrogen functional groups attached to an aromatic ring is 1. The molecule has 0 aliphatic carbocycles. The van der Waals surface area contributed by atoms with Crippen LogP contribution < -0.4 is 11.3 Å². The normalized spacial score (nSPS) is 10.5. The fourth-order valence-corrected chi connectivity index (χ4v) is 1.55. The van der Waals surface area contributed by atoms with Gasteiger partial charge in [0, 0.05) is 5.02 Å². The SMILES string of the molecule is NNc1nnc2cc(Cl)cc(Cl)c2n1. The van der Waals surface area contributed by atoms with Gasteiger partial charge < -0.3 is 0 Å². The molecule has 7 heteroatoms. The van der Waals surface area contributed by atoms with Gasteiger partial charge in [0.2, 0.25) is 0 Å². The standard InChI is InChI=1S/C7H5Cl2N5/c8-3-1-4(9)6-5(2-3)13-14-7(11-6)12-10/h1-2H,10H2,(H,11,12,14).